The first-order valence-electron chi connectivity index (χ1n) is 2.19. The maximum absolute atomic E-state index is 9.89. The molecular formula is C4H10OP. The van der Waals surface area contributed by atoms with Crippen LogP contribution < -0.4 is 0 Å². The van der Waals surface area contributed by atoms with Crippen molar-refractivity contribution < 1.29 is 4.57 Å². The molecule has 1 nitrogen and oxygen atoms in total. The summed E-state index contributed by atoms with van der Waals surface area (Å²) in [6.07, 6.45) is 1.03. The van der Waals surface area contributed by atoms with Crippen LogP contribution in [-0.4, -0.2) is 5.66 Å². The van der Waals surface area contributed by atoms with Gasteiger partial charge in [-0.25, -0.2) is 0 Å². The molecular weight excluding hydrogens is 95.0 g/mol. The van der Waals surface area contributed by atoms with Crippen LogP contribution in [0, 0.1) is 0 Å². The molecule has 2 atom stereocenters. The Morgan fingerprint density at radius 2 is 2.33 bits per heavy atom. The molecule has 0 aromatic carbocycles. The Kier molecular flexibility index (Phi) is 3.35. The number of rotatable bonds is 2. The van der Waals surface area contributed by atoms with Crippen LogP contribution >= 0.6 is 8.46 Å². The van der Waals surface area contributed by atoms with Gasteiger partial charge in [0.1, 0.15) is 0 Å². The van der Waals surface area contributed by atoms with Crippen LogP contribution in [0.5, 0.6) is 0 Å². The fourth-order valence-electron chi connectivity index (χ4n) is 0.0833. The SMILES string of the molecule is CCC(C)[PH]=O. The van der Waals surface area contributed by atoms with Gasteiger partial charge in [-0.05, 0) is 6.42 Å². The summed E-state index contributed by atoms with van der Waals surface area (Å²) in [5.41, 5.74) is 0.407. The molecule has 0 heterocycles. The Hall–Kier alpha value is 0.100. The summed E-state index contributed by atoms with van der Waals surface area (Å²) in [6.45, 7) is 4.01. The monoisotopic (exact) mass is 105 g/mol. The Bertz CT molecular complexity index is 44.8. The normalized spacial score (nSPS) is 15.0. The summed E-state index contributed by atoms with van der Waals surface area (Å²) >= 11 is 0. The largest absolute Gasteiger partial charge is 0.290 e. The van der Waals surface area contributed by atoms with Gasteiger partial charge < -0.3 is 0 Å². The van der Waals surface area contributed by atoms with Gasteiger partial charge in [0.15, 0.2) is 0 Å². The van der Waals surface area contributed by atoms with Gasteiger partial charge in [0.25, 0.3) is 0 Å². The molecule has 37 valence electrons. The second kappa shape index (κ2) is 3.30. The summed E-state index contributed by atoms with van der Waals surface area (Å²) in [6, 6.07) is 0. The van der Waals surface area contributed by atoms with Crippen LogP contribution in [0.2, 0.25) is 0 Å². The van der Waals surface area contributed by atoms with Gasteiger partial charge in [0, 0.05) is 5.66 Å². The van der Waals surface area contributed by atoms with Crippen LogP contribution in [-0.2, 0) is 4.57 Å². The Morgan fingerprint density at radius 3 is 2.33 bits per heavy atom. The van der Waals surface area contributed by atoms with Gasteiger partial charge >= 0.3 is 0 Å². The molecule has 0 spiro atoms. The van der Waals surface area contributed by atoms with Crippen molar-refractivity contribution in [2.45, 2.75) is 25.9 Å². The standard InChI is InChI=1S/C4H10OP/c1-3-4(2)6-5/h4,6H,3H2,1-2H3. The third-order valence-corrected chi connectivity index (χ3v) is 1.62. The van der Waals surface area contributed by atoms with E-state index in [1.807, 2.05) is 13.8 Å². The van der Waals surface area contributed by atoms with Crippen LogP contribution in [0.15, 0.2) is 0 Å². The molecule has 0 saturated carbocycles. The molecule has 0 fully saturated rings. The number of hydrogen-bond donors (Lipinski definition) is 0. The zero-order valence-corrected chi connectivity index (χ0v) is 5.19. The highest BCUT2D eigenvalue weighted by Crippen LogP contribution is 2.06. The Balaban J connectivity index is 2.96. The van der Waals surface area contributed by atoms with Gasteiger partial charge in [0.2, 0.25) is 0 Å². The summed E-state index contributed by atoms with van der Waals surface area (Å²) in [5, 5.41) is 0. The van der Waals surface area contributed by atoms with Crippen molar-refractivity contribution >= 4 is 8.46 Å². The summed E-state index contributed by atoms with van der Waals surface area (Å²) < 4.78 is 9.89. The highest BCUT2D eigenvalue weighted by molar-refractivity contribution is 7.24. The van der Waals surface area contributed by atoms with Gasteiger partial charge in [-0.3, -0.25) is 4.57 Å². The highest BCUT2D eigenvalue weighted by Gasteiger charge is 1.88. The molecule has 0 aliphatic carbocycles. The number of hydrogen-bond acceptors (Lipinski definition) is 1. The van der Waals surface area contributed by atoms with Crippen molar-refractivity contribution in [2.24, 2.45) is 0 Å². The molecule has 0 rings (SSSR count). The van der Waals surface area contributed by atoms with Crippen molar-refractivity contribution in [3.05, 3.63) is 0 Å². The van der Waals surface area contributed by atoms with E-state index in [0.717, 1.165) is 6.42 Å². The van der Waals surface area contributed by atoms with Crippen molar-refractivity contribution in [1.82, 2.24) is 0 Å². The predicted molar refractivity (Wildman–Crippen MR) is 28.8 cm³/mol. The maximum atomic E-state index is 9.89. The highest BCUT2D eigenvalue weighted by atomic mass is 31.1. The molecule has 2 heteroatoms. The van der Waals surface area contributed by atoms with Crippen molar-refractivity contribution in [3.63, 3.8) is 0 Å². The third kappa shape index (κ3) is 2.34. The van der Waals surface area contributed by atoms with Crippen molar-refractivity contribution in [3.8, 4) is 0 Å². The van der Waals surface area contributed by atoms with Crippen LogP contribution in [0.4, 0.5) is 0 Å². The molecule has 0 amide bonds. The molecule has 1 radical (unpaired) electrons. The molecule has 0 aliphatic heterocycles. The third-order valence-electron chi connectivity index (χ3n) is 0.814. The first kappa shape index (κ1) is 6.10. The molecule has 0 aromatic rings. The van der Waals surface area contributed by atoms with Crippen LogP contribution in [0.1, 0.15) is 20.3 Å². The van der Waals surface area contributed by atoms with Gasteiger partial charge in [0.05, 0.1) is 8.46 Å². The van der Waals surface area contributed by atoms with E-state index in [9.17, 15) is 4.57 Å². The molecule has 0 aromatic heterocycles. The fraction of sp³-hybridized carbons (Fsp3) is 1.00. The second-order valence-corrected chi connectivity index (χ2v) is 2.65. The van der Waals surface area contributed by atoms with Crippen molar-refractivity contribution in [1.29, 1.82) is 0 Å². The van der Waals surface area contributed by atoms with Gasteiger partial charge in [-0.2, -0.15) is 0 Å². The minimum atomic E-state index is -0.118. The van der Waals surface area contributed by atoms with E-state index in [4.69, 9.17) is 0 Å². The van der Waals surface area contributed by atoms with E-state index in [0.29, 0.717) is 5.66 Å². The van der Waals surface area contributed by atoms with Gasteiger partial charge in [-0.1, -0.05) is 13.8 Å². The van der Waals surface area contributed by atoms with E-state index in [1.54, 1.807) is 0 Å². The van der Waals surface area contributed by atoms with E-state index in [1.165, 1.54) is 0 Å². The molecule has 0 N–H and O–H groups in total. The maximum Gasteiger partial charge on any atom is 0.0609 e. The van der Waals surface area contributed by atoms with E-state index in [2.05, 4.69) is 0 Å². The van der Waals surface area contributed by atoms with Crippen molar-refractivity contribution in [2.75, 3.05) is 0 Å². The van der Waals surface area contributed by atoms with E-state index < -0.39 is 0 Å². The topological polar surface area (TPSA) is 17.1 Å². The predicted octanol–water partition coefficient (Wildman–Crippen LogP) is 1.81. The van der Waals surface area contributed by atoms with E-state index >= 15 is 0 Å². The second-order valence-electron chi connectivity index (χ2n) is 1.43. The van der Waals surface area contributed by atoms with Crippen LogP contribution in [0.25, 0.3) is 0 Å². The molecule has 0 aliphatic rings. The molecule has 0 bridgehead atoms. The first-order valence-corrected chi connectivity index (χ1v) is 3.17. The van der Waals surface area contributed by atoms with Crippen LogP contribution in [0.3, 0.4) is 0 Å². The summed E-state index contributed by atoms with van der Waals surface area (Å²) in [4.78, 5) is 0. The lowest BCUT2D eigenvalue weighted by Crippen LogP contribution is -1.82. The van der Waals surface area contributed by atoms with E-state index in [-0.39, 0.29) is 8.46 Å². The zero-order valence-electron chi connectivity index (χ0n) is 4.19. The smallest absolute Gasteiger partial charge is 0.0609 e. The quantitative estimate of drug-likeness (QED) is 0.489. The minimum absolute atomic E-state index is 0.118. The lowest BCUT2D eigenvalue weighted by Gasteiger charge is -1.89. The first-order chi connectivity index (χ1) is 2.81. The molecule has 2 unspecified atom stereocenters. The average Bonchev–Trinajstić information content (AvgIpc) is 1.65. The minimum Gasteiger partial charge on any atom is -0.290 e. The molecule has 6 heavy (non-hydrogen) atoms. The Labute approximate surface area is 40.0 Å². The average molecular weight is 105 g/mol. The summed E-state index contributed by atoms with van der Waals surface area (Å²) in [7, 11) is -0.118. The summed E-state index contributed by atoms with van der Waals surface area (Å²) in [5.74, 6) is 0. The zero-order chi connectivity index (χ0) is 4.99. The lowest BCUT2D eigenvalue weighted by molar-refractivity contribution is 0.591. The fourth-order valence-corrected chi connectivity index (χ4v) is 0.250. The molecule has 0 saturated heterocycles. The lowest BCUT2D eigenvalue weighted by atomic mass is 10.4. The Morgan fingerprint density at radius 1 is 1.83 bits per heavy atom. The van der Waals surface area contributed by atoms with Gasteiger partial charge in [-0.15, -0.1) is 0 Å².